The van der Waals surface area contributed by atoms with E-state index in [0.717, 1.165) is 0 Å². The molecule has 1 aliphatic heterocycles. The maximum atomic E-state index is 10.3. The number of aliphatic carboxylic acids is 1. The summed E-state index contributed by atoms with van der Waals surface area (Å²) in [7, 11) is 0. The van der Waals surface area contributed by atoms with E-state index in [0.29, 0.717) is 30.2 Å². The molecule has 0 saturated heterocycles. The molecule has 1 aromatic heterocycles. The SMILES string of the molecule is O=C(O)Cc1noc2c1OCC2. The van der Waals surface area contributed by atoms with Gasteiger partial charge in [-0.25, -0.2) is 0 Å². The predicted octanol–water partition coefficient (Wildman–Crippen LogP) is 0.237. The lowest BCUT2D eigenvalue weighted by Crippen LogP contribution is -2.02. The number of carbonyl (C=O) groups is 1. The Morgan fingerprint density at radius 1 is 1.67 bits per heavy atom. The molecule has 1 aromatic rings. The van der Waals surface area contributed by atoms with Gasteiger partial charge in [0.2, 0.25) is 0 Å². The van der Waals surface area contributed by atoms with Crippen LogP contribution in [0.2, 0.25) is 0 Å². The average Bonchev–Trinajstić information content (AvgIpc) is 2.52. The van der Waals surface area contributed by atoms with Crippen LogP contribution < -0.4 is 4.74 Å². The lowest BCUT2D eigenvalue weighted by molar-refractivity contribution is -0.136. The second kappa shape index (κ2) is 2.51. The zero-order valence-electron chi connectivity index (χ0n) is 6.24. The summed E-state index contributed by atoms with van der Waals surface area (Å²) >= 11 is 0. The van der Waals surface area contributed by atoms with Crippen molar-refractivity contribution in [1.82, 2.24) is 5.16 Å². The molecular formula is C7H7NO4. The van der Waals surface area contributed by atoms with Crippen molar-refractivity contribution in [2.24, 2.45) is 0 Å². The van der Waals surface area contributed by atoms with Gasteiger partial charge in [-0.15, -0.1) is 0 Å². The van der Waals surface area contributed by atoms with Gasteiger partial charge in [0.25, 0.3) is 0 Å². The third-order valence-electron chi connectivity index (χ3n) is 1.68. The second-order valence-electron chi connectivity index (χ2n) is 2.55. The molecule has 0 radical (unpaired) electrons. The molecule has 2 heterocycles. The first kappa shape index (κ1) is 7.15. The molecule has 0 spiro atoms. The fraction of sp³-hybridized carbons (Fsp3) is 0.429. The minimum Gasteiger partial charge on any atom is -0.487 e. The largest absolute Gasteiger partial charge is 0.487 e. The summed E-state index contributed by atoms with van der Waals surface area (Å²) in [6.07, 6.45) is 0.542. The van der Waals surface area contributed by atoms with Crippen LogP contribution in [0.1, 0.15) is 11.5 Å². The van der Waals surface area contributed by atoms with Crippen LogP contribution >= 0.6 is 0 Å². The summed E-state index contributed by atoms with van der Waals surface area (Å²) in [5.74, 6) is 0.255. The highest BCUT2D eigenvalue weighted by molar-refractivity contribution is 5.70. The Bertz CT molecular complexity index is 317. The first-order valence-corrected chi connectivity index (χ1v) is 3.59. The molecule has 0 atom stereocenters. The van der Waals surface area contributed by atoms with Crippen molar-refractivity contribution in [3.05, 3.63) is 11.5 Å². The van der Waals surface area contributed by atoms with E-state index >= 15 is 0 Å². The summed E-state index contributed by atoms with van der Waals surface area (Å²) in [5.41, 5.74) is 0.384. The Morgan fingerprint density at radius 2 is 2.50 bits per heavy atom. The average molecular weight is 169 g/mol. The van der Waals surface area contributed by atoms with Gasteiger partial charge in [-0.05, 0) is 0 Å². The van der Waals surface area contributed by atoms with E-state index in [1.165, 1.54) is 0 Å². The number of nitrogens with zero attached hydrogens (tertiary/aromatic N) is 1. The van der Waals surface area contributed by atoms with Gasteiger partial charge >= 0.3 is 5.97 Å². The Labute approximate surface area is 67.9 Å². The Morgan fingerprint density at radius 3 is 3.25 bits per heavy atom. The number of aromatic nitrogens is 1. The van der Waals surface area contributed by atoms with E-state index < -0.39 is 5.97 Å². The van der Waals surface area contributed by atoms with Crippen LogP contribution in [0.15, 0.2) is 4.52 Å². The van der Waals surface area contributed by atoms with Gasteiger partial charge < -0.3 is 14.4 Å². The third-order valence-corrected chi connectivity index (χ3v) is 1.68. The maximum absolute atomic E-state index is 10.3. The molecule has 0 bridgehead atoms. The maximum Gasteiger partial charge on any atom is 0.309 e. The van der Waals surface area contributed by atoms with Gasteiger partial charge in [-0.3, -0.25) is 4.79 Å². The van der Waals surface area contributed by atoms with Gasteiger partial charge in [0, 0.05) is 6.42 Å². The quantitative estimate of drug-likeness (QED) is 0.686. The summed E-state index contributed by atoms with van der Waals surface area (Å²) in [5, 5.41) is 12.1. The van der Waals surface area contributed by atoms with Crippen LogP contribution in [0.4, 0.5) is 0 Å². The topological polar surface area (TPSA) is 72.6 Å². The Hall–Kier alpha value is -1.52. The number of fused-ring (bicyclic) bond motifs is 1. The molecule has 5 nitrogen and oxygen atoms in total. The zero-order valence-corrected chi connectivity index (χ0v) is 6.24. The fourth-order valence-electron chi connectivity index (χ4n) is 1.18. The predicted molar refractivity (Wildman–Crippen MR) is 37.0 cm³/mol. The van der Waals surface area contributed by atoms with Gasteiger partial charge in [0.1, 0.15) is 5.69 Å². The van der Waals surface area contributed by atoms with Gasteiger partial charge in [0.15, 0.2) is 11.5 Å². The van der Waals surface area contributed by atoms with Crippen molar-refractivity contribution in [2.75, 3.05) is 6.61 Å². The van der Waals surface area contributed by atoms with E-state index in [1.54, 1.807) is 0 Å². The summed E-state index contributed by atoms with van der Waals surface area (Å²) in [6, 6.07) is 0. The number of carboxylic acids is 1. The number of hydrogen-bond acceptors (Lipinski definition) is 4. The number of ether oxygens (including phenoxy) is 1. The Kier molecular flexibility index (Phi) is 1.49. The fourth-order valence-corrected chi connectivity index (χ4v) is 1.18. The summed E-state index contributed by atoms with van der Waals surface area (Å²) < 4.78 is 10.0. The number of carboxylic acid groups (broad SMARTS) is 1. The molecular weight excluding hydrogens is 162 g/mol. The van der Waals surface area contributed by atoms with Crippen molar-refractivity contribution in [3.63, 3.8) is 0 Å². The van der Waals surface area contributed by atoms with Crippen molar-refractivity contribution in [2.45, 2.75) is 12.8 Å². The van der Waals surface area contributed by atoms with Crippen molar-refractivity contribution < 1.29 is 19.2 Å². The molecule has 0 fully saturated rings. The molecule has 0 aliphatic carbocycles. The van der Waals surface area contributed by atoms with E-state index in [9.17, 15) is 4.79 Å². The van der Waals surface area contributed by atoms with Crippen molar-refractivity contribution in [1.29, 1.82) is 0 Å². The normalized spacial score (nSPS) is 14.0. The van der Waals surface area contributed by atoms with Gasteiger partial charge in [-0.2, -0.15) is 0 Å². The highest BCUT2D eigenvalue weighted by atomic mass is 16.5. The highest BCUT2D eigenvalue weighted by Gasteiger charge is 2.23. The van der Waals surface area contributed by atoms with Crippen molar-refractivity contribution >= 4 is 5.97 Å². The van der Waals surface area contributed by atoms with Crippen LogP contribution in [-0.4, -0.2) is 22.8 Å². The van der Waals surface area contributed by atoms with E-state index in [2.05, 4.69) is 5.16 Å². The van der Waals surface area contributed by atoms with Crippen LogP contribution in [0.3, 0.4) is 0 Å². The number of rotatable bonds is 2. The molecule has 64 valence electrons. The number of hydrogen-bond donors (Lipinski definition) is 1. The first-order chi connectivity index (χ1) is 5.77. The second-order valence-corrected chi connectivity index (χ2v) is 2.55. The molecule has 0 amide bonds. The van der Waals surface area contributed by atoms with Crippen molar-refractivity contribution in [3.8, 4) is 5.75 Å². The molecule has 0 saturated carbocycles. The van der Waals surface area contributed by atoms with E-state index in [1.807, 2.05) is 0 Å². The molecule has 1 N–H and O–H groups in total. The molecule has 1 aliphatic rings. The minimum absolute atomic E-state index is 0.140. The van der Waals surface area contributed by atoms with E-state index in [4.69, 9.17) is 14.4 Å². The molecule has 2 rings (SSSR count). The molecule has 12 heavy (non-hydrogen) atoms. The lowest BCUT2D eigenvalue weighted by Gasteiger charge is -1.94. The molecule has 0 aromatic carbocycles. The Balaban J connectivity index is 2.27. The van der Waals surface area contributed by atoms with Gasteiger partial charge in [-0.1, -0.05) is 5.16 Å². The third kappa shape index (κ3) is 1.03. The summed E-state index contributed by atoms with van der Waals surface area (Å²) in [6.45, 7) is 0.559. The van der Waals surface area contributed by atoms with E-state index in [-0.39, 0.29) is 6.42 Å². The minimum atomic E-state index is -0.929. The molecule has 5 heteroatoms. The van der Waals surface area contributed by atoms with Crippen LogP contribution in [-0.2, 0) is 17.6 Å². The zero-order chi connectivity index (χ0) is 8.55. The smallest absolute Gasteiger partial charge is 0.309 e. The van der Waals surface area contributed by atoms with Gasteiger partial charge in [0.05, 0.1) is 13.0 Å². The van der Waals surface area contributed by atoms with Crippen LogP contribution in [0.5, 0.6) is 5.75 Å². The monoisotopic (exact) mass is 169 g/mol. The standard InChI is InChI=1S/C7H7NO4/c9-6(10)3-4-7-5(12-8-4)1-2-11-7/h1-3H2,(H,9,10). The van der Waals surface area contributed by atoms with Crippen LogP contribution in [0, 0.1) is 0 Å². The lowest BCUT2D eigenvalue weighted by atomic mass is 10.2. The highest BCUT2D eigenvalue weighted by Crippen LogP contribution is 2.29. The summed E-state index contributed by atoms with van der Waals surface area (Å²) in [4.78, 5) is 10.3. The molecule has 0 unspecified atom stereocenters. The van der Waals surface area contributed by atoms with Crippen LogP contribution in [0.25, 0.3) is 0 Å². The first-order valence-electron chi connectivity index (χ1n) is 3.59.